The van der Waals surface area contributed by atoms with Crippen LogP contribution in [-0.2, 0) is 6.54 Å². The zero-order valence-corrected chi connectivity index (χ0v) is 9.57. The first-order chi connectivity index (χ1) is 7.79. The maximum atomic E-state index is 9.86. The predicted octanol–water partition coefficient (Wildman–Crippen LogP) is 1.26. The molecule has 3 N–H and O–H groups in total. The highest BCUT2D eigenvalue weighted by Gasteiger charge is 2.06. The van der Waals surface area contributed by atoms with Gasteiger partial charge in [0.25, 0.3) is 0 Å². The maximum absolute atomic E-state index is 9.86. The molecule has 0 atom stereocenters. The molecule has 16 heavy (non-hydrogen) atoms. The van der Waals surface area contributed by atoms with E-state index in [4.69, 9.17) is 9.84 Å². The van der Waals surface area contributed by atoms with Crippen LogP contribution in [-0.4, -0.2) is 30.0 Å². The highest BCUT2D eigenvalue weighted by Crippen LogP contribution is 2.29. The Morgan fingerprint density at radius 2 is 2.19 bits per heavy atom. The summed E-state index contributed by atoms with van der Waals surface area (Å²) in [5.74, 6) is 0.713. The second kappa shape index (κ2) is 7.09. The molecule has 1 aromatic rings. The van der Waals surface area contributed by atoms with Gasteiger partial charge in [-0.2, -0.15) is 0 Å². The molecule has 0 amide bonds. The van der Waals surface area contributed by atoms with E-state index in [1.54, 1.807) is 6.07 Å². The summed E-state index contributed by atoms with van der Waals surface area (Å²) in [4.78, 5) is 0. The molecule has 4 heteroatoms. The van der Waals surface area contributed by atoms with Crippen molar-refractivity contribution in [3.05, 3.63) is 23.8 Å². The van der Waals surface area contributed by atoms with Crippen LogP contribution in [0.15, 0.2) is 18.2 Å². The van der Waals surface area contributed by atoms with Gasteiger partial charge in [-0.1, -0.05) is 12.1 Å². The second-order valence-electron chi connectivity index (χ2n) is 3.45. The van der Waals surface area contributed by atoms with Gasteiger partial charge < -0.3 is 20.3 Å². The third-order valence-corrected chi connectivity index (χ3v) is 2.21. The fourth-order valence-corrected chi connectivity index (χ4v) is 1.41. The summed E-state index contributed by atoms with van der Waals surface area (Å²) in [6.45, 7) is 3.90. The molecule has 0 unspecified atom stereocenters. The van der Waals surface area contributed by atoms with E-state index in [0.717, 1.165) is 12.1 Å². The Hall–Kier alpha value is -1.26. The van der Waals surface area contributed by atoms with E-state index >= 15 is 0 Å². The molecule has 0 fully saturated rings. The van der Waals surface area contributed by atoms with Gasteiger partial charge in [-0.3, -0.25) is 0 Å². The number of aliphatic hydroxyl groups is 1. The molecule has 0 aromatic heterocycles. The average molecular weight is 225 g/mol. The fraction of sp³-hybridized carbons (Fsp3) is 0.500. The van der Waals surface area contributed by atoms with Crippen LogP contribution in [0, 0.1) is 0 Å². The van der Waals surface area contributed by atoms with Crippen LogP contribution in [0.2, 0.25) is 0 Å². The van der Waals surface area contributed by atoms with Gasteiger partial charge in [0.05, 0.1) is 6.61 Å². The molecule has 4 nitrogen and oxygen atoms in total. The number of phenolic OH excluding ortho intramolecular Hbond substituents is 1. The number of rotatable bonds is 7. The molecule has 0 aliphatic carbocycles. The molecule has 0 heterocycles. The van der Waals surface area contributed by atoms with E-state index in [2.05, 4.69) is 5.32 Å². The van der Waals surface area contributed by atoms with Crippen molar-refractivity contribution < 1.29 is 14.9 Å². The van der Waals surface area contributed by atoms with Crippen molar-refractivity contribution in [2.24, 2.45) is 0 Å². The molecule has 0 spiro atoms. The Morgan fingerprint density at radius 3 is 2.88 bits per heavy atom. The molecule has 0 radical (unpaired) electrons. The summed E-state index contributed by atoms with van der Waals surface area (Å²) < 4.78 is 5.29. The Balaban J connectivity index is 2.55. The Labute approximate surface area is 95.9 Å². The number of phenols is 1. The summed E-state index contributed by atoms with van der Waals surface area (Å²) >= 11 is 0. The van der Waals surface area contributed by atoms with Crippen molar-refractivity contribution in [2.45, 2.75) is 19.9 Å². The van der Waals surface area contributed by atoms with Crippen LogP contribution in [0.4, 0.5) is 0 Å². The number of benzene rings is 1. The summed E-state index contributed by atoms with van der Waals surface area (Å²) in [5.41, 5.74) is 0.809. The standard InChI is InChI=1S/C12H19NO3/c1-2-16-11-6-3-5-10(12(11)15)9-13-7-4-8-14/h3,5-6,13-15H,2,4,7-9H2,1H3. The lowest BCUT2D eigenvalue weighted by Crippen LogP contribution is -2.15. The minimum Gasteiger partial charge on any atom is -0.504 e. The van der Waals surface area contributed by atoms with Gasteiger partial charge in [0.1, 0.15) is 0 Å². The first-order valence-electron chi connectivity index (χ1n) is 5.54. The second-order valence-corrected chi connectivity index (χ2v) is 3.45. The number of aliphatic hydroxyl groups excluding tert-OH is 1. The lowest BCUT2D eigenvalue weighted by atomic mass is 10.2. The van der Waals surface area contributed by atoms with Crippen molar-refractivity contribution in [2.75, 3.05) is 19.8 Å². The van der Waals surface area contributed by atoms with Crippen molar-refractivity contribution in [1.29, 1.82) is 0 Å². The van der Waals surface area contributed by atoms with E-state index in [-0.39, 0.29) is 12.4 Å². The Morgan fingerprint density at radius 1 is 1.38 bits per heavy atom. The van der Waals surface area contributed by atoms with Crippen molar-refractivity contribution in [3.8, 4) is 11.5 Å². The van der Waals surface area contributed by atoms with Crippen molar-refractivity contribution in [1.82, 2.24) is 5.32 Å². The molecule has 0 saturated heterocycles. The largest absolute Gasteiger partial charge is 0.504 e. The minimum absolute atomic E-state index is 0.179. The molecule has 1 aromatic carbocycles. The van der Waals surface area contributed by atoms with Gasteiger partial charge in [0.2, 0.25) is 0 Å². The SMILES string of the molecule is CCOc1cccc(CNCCCO)c1O. The molecule has 0 aliphatic rings. The van der Waals surface area contributed by atoms with Crippen LogP contribution >= 0.6 is 0 Å². The number of nitrogens with one attached hydrogen (secondary N) is 1. The smallest absolute Gasteiger partial charge is 0.162 e. The first-order valence-corrected chi connectivity index (χ1v) is 5.54. The van der Waals surface area contributed by atoms with E-state index in [1.165, 1.54) is 0 Å². The van der Waals surface area contributed by atoms with Gasteiger partial charge in [0, 0.05) is 18.7 Å². The summed E-state index contributed by atoms with van der Waals surface area (Å²) in [7, 11) is 0. The van der Waals surface area contributed by atoms with Crippen LogP contribution < -0.4 is 10.1 Å². The predicted molar refractivity (Wildman–Crippen MR) is 62.7 cm³/mol. The van der Waals surface area contributed by atoms with Crippen LogP contribution in [0.25, 0.3) is 0 Å². The topological polar surface area (TPSA) is 61.7 Å². The molecule has 0 saturated carbocycles. The van der Waals surface area contributed by atoms with Gasteiger partial charge in [-0.15, -0.1) is 0 Å². The lowest BCUT2D eigenvalue weighted by Gasteiger charge is -2.10. The number of para-hydroxylation sites is 1. The summed E-state index contributed by atoms with van der Waals surface area (Å²) in [5, 5.41) is 21.6. The molecule has 1 rings (SSSR count). The Kier molecular flexibility index (Phi) is 5.67. The number of hydrogen-bond donors (Lipinski definition) is 3. The molecular weight excluding hydrogens is 206 g/mol. The Bertz CT molecular complexity index is 315. The van der Waals surface area contributed by atoms with Crippen molar-refractivity contribution in [3.63, 3.8) is 0 Å². The average Bonchev–Trinajstić information content (AvgIpc) is 2.29. The summed E-state index contributed by atoms with van der Waals surface area (Å²) in [6.07, 6.45) is 0.714. The van der Waals surface area contributed by atoms with E-state index in [0.29, 0.717) is 25.3 Å². The normalized spacial score (nSPS) is 10.4. The van der Waals surface area contributed by atoms with E-state index < -0.39 is 0 Å². The van der Waals surface area contributed by atoms with Gasteiger partial charge in [-0.05, 0) is 26.0 Å². The van der Waals surface area contributed by atoms with Gasteiger partial charge in [-0.25, -0.2) is 0 Å². The third kappa shape index (κ3) is 3.72. The zero-order chi connectivity index (χ0) is 11.8. The molecule has 0 aliphatic heterocycles. The van der Waals surface area contributed by atoms with Crippen LogP contribution in [0.5, 0.6) is 11.5 Å². The third-order valence-electron chi connectivity index (χ3n) is 2.21. The molecule has 0 bridgehead atoms. The van der Waals surface area contributed by atoms with Crippen LogP contribution in [0.3, 0.4) is 0 Å². The number of ether oxygens (including phenoxy) is 1. The van der Waals surface area contributed by atoms with Crippen molar-refractivity contribution >= 4 is 0 Å². The minimum atomic E-state index is 0.179. The summed E-state index contributed by atoms with van der Waals surface area (Å²) in [6, 6.07) is 5.45. The van der Waals surface area contributed by atoms with Gasteiger partial charge >= 0.3 is 0 Å². The van der Waals surface area contributed by atoms with E-state index in [1.807, 2.05) is 19.1 Å². The highest BCUT2D eigenvalue weighted by molar-refractivity contribution is 5.45. The molecule has 90 valence electrons. The molecular formula is C12H19NO3. The van der Waals surface area contributed by atoms with Crippen LogP contribution in [0.1, 0.15) is 18.9 Å². The van der Waals surface area contributed by atoms with Gasteiger partial charge in [0.15, 0.2) is 11.5 Å². The highest BCUT2D eigenvalue weighted by atomic mass is 16.5. The number of hydrogen-bond acceptors (Lipinski definition) is 4. The quantitative estimate of drug-likeness (QED) is 0.611. The first kappa shape index (κ1) is 12.8. The van der Waals surface area contributed by atoms with E-state index in [9.17, 15) is 5.11 Å². The fourth-order valence-electron chi connectivity index (χ4n) is 1.41. The monoisotopic (exact) mass is 225 g/mol. The maximum Gasteiger partial charge on any atom is 0.162 e. The number of aromatic hydroxyl groups is 1. The lowest BCUT2D eigenvalue weighted by molar-refractivity contribution is 0.285. The zero-order valence-electron chi connectivity index (χ0n) is 9.57.